The van der Waals surface area contributed by atoms with Crippen LogP contribution in [0.2, 0.25) is 0 Å². The number of nitrogens with one attached hydrogen (secondary N) is 2. The maximum absolute atomic E-state index is 12.2. The number of methoxy groups -OCH3 is 1. The minimum absolute atomic E-state index is 0.154. The normalized spacial score (nSPS) is 28.1. The van der Waals surface area contributed by atoms with E-state index in [0.717, 1.165) is 42.1 Å². The Kier molecular flexibility index (Phi) is 3.57. The number of hydrogen-bond acceptors (Lipinski definition) is 4. The van der Waals surface area contributed by atoms with Crippen LogP contribution < -0.4 is 21.1 Å². The molecule has 2 fully saturated rings. The second-order valence-corrected chi connectivity index (χ2v) is 7.13. The van der Waals surface area contributed by atoms with E-state index in [9.17, 15) is 4.79 Å². The van der Waals surface area contributed by atoms with Crippen LogP contribution in [-0.2, 0) is 0 Å². The first-order valence-electron chi connectivity index (χ1n) is 8.33. The van der Waals surface area contributed by atoms with Gasteiger partial charge in [-0.3, -0.25) is 0 Å². The quantitative estimate of drug-likeness (QED) is 0.809. The number of carbonyl (C=O) groups is 1. The van der Waals surface area contributed by atoms with Crippen molar-refractivity contribution in [3.05, 3.63) is 30.5 Å². The monoisotopic (exact) mass is 326 g/mol. The highest BCUT2D eigenvalue weighted by atomic mass is 16.5. The van der Waals surface area contributed by atoms with Crippen molar-refractivity contribution in [3.63, 3.8) is 0 Å². The largest absolute Gasteiger partial charge is 0.481 e. The molecule has 0 saturated heterocycles. The topological polar surface area (TPSA) is 89.3 Å². The molecule has 4 N–H and O–H groups in total. The molecule has 0 unspecified atom stereocenters. The molecule has 2 saturated carbocycles. The van der Waals surface area contributed by atoms with Crippen LogP contribution in [-0.4, -0.2) is 30.2 Å². The molecule has 0 radical (unpaired) electrons. The van der Waals surface area contributed by atoms with E-state index in [4.69, 9.17) is 10.5 Å². The Balaban J connectivity index is 1.37. The van der Waals surface area contributed by atoms with Gasteiger partial charge in [-0.1, -0.05) is 0 Å². The summed E-state index contributed by atoms with van der Waals surface area (Å²) in [6, 6.07) is 8.07. The SMILES string of the molecule is COc1nccc2cc(NC(=O)NC3CC4(CC(N)C4)C3)ccc12. The van der Waals surface area contributed by atoms with Crippen molar-refractivity contribution < 1.29 is 9.53 Å². The lowest BCUT2D eigenvalue weighted by Crippen LogP contribution is -2.60. The number of nitrogens with two attached hydrogens (primary N) is 1. The smallest absolute Gasteiger partial charge is 0.319 e. The number of fused-ring (bicyclic) bond motifs is 1. The first-order chi connectivity index (χ1) is 11.6. The predicted octanol–water partition coefficient (Wildman–Crippen LogP) is 2.63. The van der Waals surface area contributed by atoms with Gasteiger partial charge in [-0.05, 0) is 60.7 Å². The van der Waals surface area contributed by atoms with Gasteiger partial charge in [-0.25, -0.2) is 9.78 Å². The van der Waals surface area contributed by atoms with Gasteiger partial charge in [0.15, 0.2) is 0 Å². The summed E-state index contributed by atoms with van der Waals surface area (Å²) in [5.41, 5.74) is 7.04. The van der Waals surface area contributed by atoms with Gasteiger partial charge < -0.3 is 21.1 Å². The summed E-state index contributed by atoms with van der Waals surface area (Å²) in [7, 11) is 1.60. The lowest BCUT2D eigenvalue weighted by Gasteiger charge is -2.56. The molecule has 126 valence electrons. The minimum Gasteiger partial charge on any atom is -0.481 e. The number of hydrogen-bond donors (Lipinski definition) is 3. The number of benzene rings is 1. The van der Waals surface area contributed by atoms with E-state index >= 15 is 0 Å². The molecule has 2 aliphatic rings. The maximum atomic E-state index is 12.2. The number of carbonyl (C=O) groups excluding carboxylic acids is 1. The third-order valence-electron chi connectivity index (χ3n) is 5.26. The molecule has 2 amide bonds. The molecule has 2 aromatic rings. The lowest BCUT2D eigenvalue weighted by molar-refractivity contribution is -0.0134. The Morgan fingerprint density at radius 3 is 2.79 bits per heavy atom. The summed E-state index contributed by atoms with van der Waals surface area (Å²) in [4.78, 5) is 16.3. The molecule has 6 nitrogen and oxygen atoms in total. The first kappa shape index (κ1) is 15.2. The molecule has 1 aromatic carbocycles. The summed E-state index contributed by atoms with van der Waals surface area (Å²) < 4.78 is 5.25. The lowest BCUT2D eigenvalue weighted by atomic mass is 9.52. The van der Waals surface area contributed by atoms with Crippen molar-refractivity contribution in [1.82, 2.24) is 10.3 Å². The minimum atomic E-state index is -0.154. The molecule has 1 aromatic heterocycles. The average molecular weight is 326 g/mol. The maximum Gasteiger partial charge on any atom is 0.319 e. The number of nitrogens with zero attached hydrogens (tertiary/aromatic N) is 1. The summed E-state index contributed by atoms with van der Waals surface area (Å²) in [6.07, 6.45) is 6.01. The second-order valence-electron chi connectivity index (χ2n) is 7.13. The van der Waals surface area contributed by atoms with Crippen LogP contribution in [0.5, 0.6) is 5.88 Å². The summed E-state index contributed by atoms with van der Waals surface area (Å²) in [5.74, 6) is 0.585. The highest BCUT2D eigenvalue weighted by molar-refractivity contribution is 5.95. The predicted molar refractivity (Wildman–Crippen MR) is 93.1 cm³/mol. The van der Waals surface area contributed by atoms with E-state index in [-0.39, 0.29) is 12.1 Å². The average Bonchev–Trinajstić information content (AvgIpc) is 2.50. The van der Waals surface area contributed by atoms with E-state index in [1.807, 2.05) is 24.3 Å². The number of pyridine rings is 1. The number of ether oxygens (including phenoxy) is 1. The molecular weight excluding hydrogens is 304 g/mol. The Bertz CT molecular complexity index is 778. The van der Waals surface area contributed by atoms with Gasteiger partial charge in [-0.15, -0.1) is 0 Å². The van der Waals surface area contributed by atoms with Gasteiger partial charge in [0.05, 0.1) is 7.11 Å². The standard InChI is InChI=1S/C18H22N4O2/c1-24-16-15-3-2-13(6-11(15)4-5-20-16)21-17(23)22-14-9-18(10-14)7-12(19)8-18/h2-6,12,14H,7-10,19H2,1H3,(H2,21,22,23). The number of urea groups is 1. The van der Waals surface area contributed by atoms with E-state index in [2.05, 4.69) is 15.6 Å². The van der Waals surface area contributed by atoms with Crippen LogP contribution in [0.25, 0.3) is 10.8 Å². The van der Waals surface area contributed by atoms with Crippen LogP contribution in [0, 0.1) is 5.41 Å². The fourth-order valence-electron chi connectivity index (χ4n) is 4.22. The van der Waals surface area contributed by atoms with Crippen molar-refractivity contribution in [1.29, 1.82) is 0 Å². The zero-order chi connectivity index (χ0) is 16.7. The van der Waals surface area contributed by atoms with Crippen molar-refractivity contribution >= 4 is 22.5 Å². The van der Waals surface area contributed by atoms with E-state index < -0.39 is 0 Å². The number of aromatic nitrogens is 1. The van der Waals surface area contributed by atoms with Crippen LogP contribution >= 0.6 is 0 Å². The molecule has 24 heavy (non-hydrogen) atoms. The molecular formula is C18H22N4O2. The molecule has 6 heteroatoms. The van der Waals surface area contributed by atoms with Gasteiger partial charge >= 0.3 is 6.03 Å². The molecule has 0 atom stereocenters. The molecule has 0 aliphatic heterocycles. The molecule has 4 rings (SSSR count). The molecule has 1 spiro atoms. The van der Waals surface area contributed by atoms with Gasteiger partial charge in [-0.2, -0.15) is 0 Å². The van der Waals surface area contributed by atoms with E-state index in [1.54, 1.807) is 13.3 Å². The number of amides is 2. The van der Waals surface area contributed by atoms with Crippen molar-refractivity contribution in [2.45, 2.75) is 37.8 Å². The van der Waals surface area contributed by atoms with Crippen LogP contribution in [0.1, 0.15) is 25.7 Å². The summed E-state index contributed by atoms with van der Waals surface area (Å²) in [6.45, 7) is 0. The Labute approximate surface area is 140 Å². The summed E-state index contributed by atoms with van der Waals surface area (Å²) in [5, 5.41) is 7.85. The van der Waals surface area contributed by atoms with E-state index in [1.165, 1.54) is 0 Å². The Hall–Kier alpha value is -2.34. The zero-order valence-corrected chi connectivity index (χ0v) is 13.7. The molecule has 2 aliphatic carbocycles. The van der Waals surface area contributed by atoms with Crippen LogP contribution in [0.15, 0.2) is 30.5 Å². The van der Waals surface area contributed by atoms with Crippen LogP contribution in [0.3, 0.4) is 0 Å². The first-order valence-corrected chi connectivity index (χ1v) is 8.33. The van der Waals surface area contributed by atoms with Crippen LogP contribution in [0.4, 0.5) is 10.5 Å². The Morgan fingerprint density at radius 1 is 1.29 bits per heavy atom. The second kappa shape index (κ2) is 5.63. The Morgan fingerprint density at radius 2 is 2.08 bits per heavy atom. The highest BCUT2D eigenvalue weighted by Gasteiger charge is 2.52. The van der Waals surface area contributed by atoms with Gasteiger partial charge in [0.2, 0.25) is 5.88 Å². The molecule has 1 heterocycles. The van der Waals surface area contributed by atoms with Crippen molar-refractivity contribution in [3.8, 4) is 5.88 Å². The molecule has 0 bridgehead atoms. The van der Waals surface area contributed by atoms with Gasteiger partial charge in [0, 0.05) is 29.4 Å². The third-order valence-corrected chi connectivity index (χ3v) is 5.26. The zero-order valence-electron chi connectivity index (χ0n) is 13.7. The fourth-order valence-corrected chi connectivity index (χ4v) is 4.22. The number of rotatable bonds is 3. The highest BCUT2D eigenvalue weighted by Crippen LogP contribution is 2.55. The van der Waals surface area contributed by atoms with Gasteiger partial charge in [0.1, 0.15) is 0 Å². The van der Waals surface area contributed by atoms with E-state index in [0.29, 0.717) is 17.3 Å². The van der Waals surface area contributed by atoms with Crippen molar-refractivity contribution in [2.24, 2.45) is 11.1 Å². The number of anilines is 1. The fraction of sp³-hybridized carbons (Fsp3) is 0.444. The third kappa shape index (κ3) is 2.67. The summed E-state index contributed by atoms with van der Waals surface area (Å²) >= 11 is 0. The van der Waals surface area contributed by atoms with Crippen molar-refractivity contribution in [2.75, 3.05) is 12.4 Å². The van der Waals surface area contributed by atoms with Gasteiger partial charge in [0.25, 0.3) is 0 Å².